The first-order chi connectivity index (χ1) is 7.54. The Morgan fingerprint density at radius 2 is 1.75 bits per heavy atom. The molecule has 0 bridgehead atoms. The van der Waals surface area contributed by atoms with Crippen LogP contribution in [0.5, 0.6) is 0 Å². The normalized spacial score (nSPS) is 18.2. The summed E-state index contributed by atoms with van der Waals surface area (Å²) in [5.74, 6) is -0.0653. The quantitative estimate of drug-likeness (QED) is 0.270. The molecule has 0 aromatic carbocycles. The van der Waals surface area contributed by atoms with E-state index >= 15 is 0 Å². The number of halogens is 2. The number of carbonyl (C=O) groups excluding carboxylic acids is 1. The second-order valence-electron chi connectivity index (χ2n) is 4.29. The Morgan fingerprint density at radius 3 is 2.06 bits per heavy atom. The molecule has 4 heteroatoms. The molecule has 0 spiro atoms. The molecule has 0 unspecified atom stereocenters. The van der Waals surface area contributed by atoms with Crippen molar-refractivity contribution in [3.8, 4) is 0 Å². The van der Waals surface area contributed by atoms with E-state index in [1.54, 1.807) is 0 Å². The molecule has 1 heterocycles. The van der Waals surface area contributed by atoms with E-state index in [4.69, 9.17) is 4.74 Å². The van der Waals surface area contributed by atoms with Crippen LogP contribution in [0.25, 0.3) is 0 Å². The van der Waals surface area contributed by atoms with Crippen LogP contribution in [0.1, 0.15) is 19.3 Å². The third-order valence-electron chi connectivity index (χ3n) is 2.80. The zero-order valence-electron chi connectivity index (χ0n) is 9.23. The van der Waals surface area contributed by atoms with Gasteiger partial charge < -0.3 is 4.74 Å². The summed E-state index contributed by atoms with van der Waals surface area (Å²) >= 11 is 4.56. The van der Waals surface area contributed by atoms with Crippen LogP contribution < -0.4 is 0 Å². The Bertz CT molecular complexity index is 292. The van der Waals surface area contributed by atoms with Crippen molar-refractivity contribution in [2.75, 3.05) is 15.5 Å². The van der Waals surface area contributed by atoms with E-state index in [0.717, 1.165) is 39.3 Å². The summed E-state index contributed by atoms with van der Waals surface area (Å²) in [5.41, 5.74) is 1.85. The highest BCUT2D eigenvalue weighted by atomic mass is 127. The van der Waals surface area contributed by atoms with Crippen LogP contribution in [0, 0.1) is 5.41 Å². The van der Waals surface area contributed by atoms with Gasteiger partial charge in [-0.3, -0.25) is 4.79 Å². The SMILES string of the molecule is C=C(CI)CC1(CC(=C)CI)CCOC1=O. The summed E-state index contributed by atoms with van der Waals surface area (Å²) in [4.78, 5) is 11.9. The van der Waals surface area contributed by atoms with Crippen molar-refractivity contribution in [1.29, 1.82) is 0 Å². The van der Waals surface area contributed by atoms with E-state index in [2.05, 4.69) is 58.3 Å². The summed E-state index contributed by atoms with van der Waals surface area (Å²) < 4.78 is 6.92. The number of hydrogen-bond donors (Lipinski definition) is 0. The third-order valence-corrected chi connectivity index (χ3v) is 4.96. The fourth-order valence-electron chi connectivity index (χ4n) is 2.03. The first-order valence-corrected chi connectivity index (χ1v) is 8.21. The van der Waals surface area contributed by atoms with Crippen molar-refractivity contribution in [1.82, 2.24) is 0 Å². The lowest BCUT2D eigenvalue weighted by atomic mass is 9.76. The number of cyclic esters (lactones) is 1. The molecule has 0 aliphatic carbocycles. The lowest BCUT2D eigenvalue weighted by Gasteiger charge is -2.25. The lowest BCUT2D eigenvalue weighted by Crippen LogP contribution is -2.28. The van der Waals surface area contributed by atoms with E-state index in [9.17, 15) is 4.79 Å². The van der Waals surface area contributed by atoms with E-state index in [1.807, 2.05) is 0 Å². The minimum atomic E-state index is -0.371. The predicted molar refractivity (Wildman–Crippen MR) is 83.3 cm³/mol. The minimum Gasteiger partial charge on any atom is -0.465 e. The van der Waals surface area contributed by atoms with Gasteiger partial charge in [-0.15, -0.1) is 0 Å². The monoisotopic (exact) mass is 446 g/mol. The van der Waals surface area contributed by atoms with Crippen LogP contribution in [-0.2, 0) is 9.53 Å². The Kier molecular flexibility index (Phi) is 5.76. The smallest absolute Gasteiger partial charge is 0.312 e. The Balaban J connectivity index is 2.80. The van der Waals surface area contributed by atoms with Gasteiger partial charge in [0.1, 0.15) is 0 Å². The van der Waals surface area contributed by atoms with Gasteiger partial charge in [-0.2, -0.15) is 0 Å². The van der Waals surface area contributed by atoms with Gasteiger partial charge in [-0.1, -0.05) is 69.5 Å². The van der Waals surface area contributed by atoms with Gasteiger partial charge in [0.2, 0.25) is 0 Å². The highest BCUT2D eigenvalue weighted by molar-refractivity contribution is 14.1. The van der Waals surface area contributed by atoms with Crippen molar-refractivity contribution in [2.45, 2.75) is 19.3 Å². The molecule has 0 aromatic rings. The molecule has 2 nitrogen and oxygen atoms in total. The molecule has 0 saturated carbocycles. The molecule has 0 radical (unpaired) electrons. The third kappa shape index (κ3) is 3.45. The van der Waals surface area contributed by atoms with Crippen molar-refractivity contribution in [3.05, 3.63) is 24.3 Å². The van der Waals surface area contributed by atoms with Crippen molar-refractivity contribution in [3.63, 3.8) is 0 Å². The van der Waals surface area contributed by atoms with Crippen molar-refractivity contribution in [2.24, 2.45) is 5.41 Å². The lowest BCUT2D eigenvalue weighted by molar-refractivity contribution is -0.146. The van der Waals surface area contributed by atoms with Gasteiger partial charge in [0.05, 0.1) is 12.0 Å². The average Bonchev–Trinajstić information content (AvgIpc) is 2.60. The molecule has 0 atom stereocenters. The zero-order chi connectivity index (χ0) is 12.2. The average molecular weight is 446 g/mol. The highest BCUT2D eigenvalue weighted by Crippen LogP contribution is 2.42. The molecule has 16 heavy (non-hydrogen) atoms. The fourth-order valence-corrected chi connectivity index (χ4v) is 2.57. The largest absolute Gasteiger partial charge is 0.465 e. The van der Waals surface area contributed by atoms with Gasteiger partial charge >= 0.3 is 5.97 Å². The number of rotatable bonds is 6. The van der Waals surface area contributed by atoms with E-state index in [-0.39, 0.29) is 11.4 Å². The second-order valence-corrected chi connectivity index (χ2v) is 5.81. The van der Waals surface area contributed by atoms with Crippen LogP contribution in [0.3, 0.4) is 0 Å². The molecule has 90 valence electrons. The zero-order valence-corrected chi connectivity index (χ0v) is 13.5. The molecule has 0 aromatic heterocycles. The Labute approximate surface area is 124 Å². The topological polar surface area (TPSA) is 26.3 Å². The Morgan fingerprint density at radius 1 is 1.25 bits per heavy atom. The first kappa shape index (κ1) is 14.5. The van der Waals surface area contributed by atoms with E-state index < -0.39 is 0 Å². The van der Waals surface area contributed by atoms with Crippen molar-refractivity contribution < 1.29 is 9.53 Å². The fraction of sp³-hybridized carbons (Fsp3) is 0.583. The van der Waals surface area contributed by atoms with Crippen LogP contribution in [0.15, 0.2) is 24.3 Å². The molecule has 1 rings (SSSR count). The minimum absolute atomic E-state index is 0.0653. The number of carbonyl (C=O) groups is 1. The number of hydrogen-bond acceptors (Lipinski definition) is 2. The summed E-state index contributed by atoms with van der Waals surface area (Å²) in [6, 6.07) is 0. The second kappa shape index (κ2) is 6.37. The van der Waals surface area contributed by atoms with Crippen LogP contribution in [0.2, 0.25) is 0 Å². The van der Waals surface area contributed by atoms with Crippen LogP contribution in [0.4, 0.5) is 0 Å². The molecule has 1 fully saturated rings. The molecule has 0 N–H and O–H groups in total. The van der Waals surface area contributed by atoms with Gasteiger partial charge in [-0.05, 0) is 19.3 Å². The number of esters is 1. The maximum absolute atomic E-state index is 11.9. The maximum atomic E-state index is 11.9. The van der Waals surface area contributed by atoms with Crippen molar-refractivity contribution >= 4 is 51.2 Å². The van der Waals surface area contributed by atoms with Gasteiger partial charge in [0.25, 0.3) is 0 Å². The summed E-state index contributed by atoms with van der Waals surface area (Å²) in [6.45, 7) is 8.55. The predicted octanol–water partition coefficient (Wildman–Crippen LogP) is 3.68. The molecule has 0 amide bonds. The van der Waals surface area contributed by atoms with E-state index in [0.29, 0.717) is 6.61 Å². The van der Waals surface area contributed by atoms with Gasteiger partial charge in [0, 0.05) is 8.86 Å². The maximum Gasteiger partial charge on any atom is 0.312 e. The summed E-state index contributed by atoms with van der Waals surface area (Å²) in [7, 11) is 0. The Hall–Kier alpha value is 0.410. The first-order valence-electron chi connectivity index (χ1n) is 5.16. The van der Waals surface area contributed by atoms with E-state index in [1.165, 1.54) is 0 Å². The number of ether oxygens (including phenoxy) is 1. The summed E-state index contributed by atoms with van der Waals surface area (Å²) in [6.07, 6.45) is 2.28. The highest BCUT2D eigenvalue weighted by Gasteiger charge is 2.44. The molecule has 1 aliphatic rings. The van der Waals surface area contributed by atoms with Crippen LogP contribution >= 0.6 is 45.2 Å². The molecule has 1 aliphatic heterocycles. The standard InChI is InChI=1S/C12H16I2O2/c1-9(7-13)5-12(6-10(2)8-14)3-4-16-11(12)15/h1-8H2. The summed E-state index contributed by atoms with van der Waals surface area (Å²) in [5, 5.41) is 0. The number of allylic oxidation sites excluding steroid dienone is 2. The molecular weight excluding hydrogens is 430 g/mol. The van der Waals surface area contributed by atoms with Crippen LogP contribution in [-0.4, -0.2) is 21.4 Å². The number of alkyl halides is 2. The van der Waals surface area contributed by atoms with Gasteiger partial charge in [-0.25, -0.2) is 0 Å². The van der Waals surface area contributed by atoms with Gasteiger partial charge in [0.15, 0.2) is 0 Å². The molecular formula is C12H16I2O2. The molecule has 1 saturated heterocycles.